The summed E-state index contributed by atoms with van der Waals surface area (Å²) in [5.74, 6) is 0.773. The maximum Gasteiger partial charge on any atom is 0.203 e. The van der Waals surface area contributed by atoms with Gasteiger partial charge in [-0.3, -0.25) is 4.40 Å². The third-order valence-electron chi connectivity index (χ3n) is 2.82. The first-order valence-electron chi connectivity index (χ1n) is 5.82. The molecule has 3 aromatic heterocycles. The van der Waals surface area contributed by atoms with E-state index >= 15 is 0 Å². The van der Waals surface area contributed by atoms with E-state index in [2.05, 4.69) is 44.9 Å². The van der Waals surface area contributed by atoms with Gasteiger partial charge in [-0.05, 0) is 17.9 Å². The lowest BCUT2D eigenvalue weighted by Crippen LogP contribution is -2.10. The van der Waals surface area contributed by atoms with Gasteiger partial charge < -0.3 is 5.32 Å². The first-order chi connectivity index (χ1) is 8.88. The van der Waals surface area contributed by atoms with E-state index in [-0.39, 0.29) is 6.04 Å². The molecule has 5 nitrogen and oxygen atoms in total. The molecular weight excluding hydrogens is 246 g/mol. The van der Waals surface area contributed by atoms with Crippen LogP contribution in [0.5, 0.6) is 0 Å². The van der Waals surface area contributed by atoms with E-state index in [1.165, 1.54) is 4.88 Å². The van der Waals surface area contributed by atoms with Gasteiger partial charge in [-0.15, -0.1) is 21.5 Å². The van der Waals surface area contributed by atoms with E-state index in [0.717, 1.165) is 17.9 Å². The van der Waals surface area contributed by atoms with Crippen molar-refractivity contribution in [2.24, 2.45) is 0 Å². The lowest BCUT2D eigenvalue weighted by Gasteiger charge is -2.16. The first-order valence-corrected chi connectivity index (χ1v) is 6.70. The molecule has 0 amide bonds. The first kappa shape index (κ1) is 11.2. The second kappa shape index (κ2) is 4.73. The van der Waals surface area contributed by atoms with Crippen LogP contribution in [-0.4, -0.2) is 19.6 Å². The molecule has 0 radical (unpaired) electrons. The van der Waals surface area contributed by atoms with Gasteiger partial charge in [0.2, 0.25) is 5.65 Å². The molecule has 3 heterocycles. The minimum absolute atomic E-state index is 0.264. The highest BCUT2D eigenvalue weighted by atomic mass is 32.1. The molecule has 0 aliphatic carbocycles. The van der Waals surface area contributed by atoms with Gasteiger partial charge >= 0.3 is 0 Å². The minimum atomic E-state index is 0.264. The normalized spacial score (nSPS) is 12.7. The number of nitrogens with one attached hydrogen (secondary N) is 1. The predicted octanol–water partition coefficient (Wildman–Crippen LogP) is 2.75. The van der Waals surface area contributed by atoms with Gasteiger partial charge in [0.1, 0.15) is 6.33 Å². The number of thiophene rings is 1. The monoisotopic (exact) mass is 259 g/mol. The Balaban J connectivity index is 1.93. The summed E-state index contributed by atoms with van der Waals surface area (Å²) in [6.07, 6.45) is 6.26. The molecule has 1 atom stereocenters. The summed E-state index contributed by atoms with van der Waals surface area (Å²) in [7, 11) is 0. The van der Waals surface area contributed by atoms with Gasteiger partial charge in [0.15, 0.2) is 5.82 Å². The average Bonchev–Trinajstić information content (AvgIpc) is 3.06. The molecular formula is C12H13N5S. The Kier molecular flexibility index (Phi) is 2.93. The molecule has 1 unspecified atom stereocenters. The maximum atomic E-state index is 4.35. The van der Waals surface area contributed by atoms with Crippen LogP contribution >= 0.6 is 11.3 Å². The van der Waals surface area contributed by atoms with Crippen LogP contribution in [0.15, 0.2) is 36.2 Å². The van der Waals surface area contributed by atoms with Crippen molar-refractivity contribution in [1.82, 2.24) is 19.6 Å². The van der Waals surface area contributed by atoms with Crippen LogP contribution in [-0.2, 0) is 0 Å². The summed E-state index contributed by atoms with van der Waals surface area (Å²) in [6, 6.07) is 4.46. The Bertz CT molecular complexity index is 631. The fourth-order valence-corrected chi connectivity index (χ4v) is 2.75. The molecule has 3 aromatic rings. The van der Waals surface area contributed by atoms with Crippen molar-refractivity contribution in [2.45, 2.75) is 19.4 Å². The van der Waals surface area contributed by atoms with Crippen LogP contribution in [0.3, 0.4) is 0 Å². The van der Waals surface area contributed by atoms with Crippen molar-refractivity contribution >= 4 is 22.8 Å². The second-order valence-corrected chi connectivity index (χ2v) is 4.94. The molecule has 0 aliphatic heterocycles. The topological polar surface area (TPSA) is 55.1 Å². The highest BCUT2D eigenvalue weighted by Gasteiger charge is 2.13. The SMILES string of the molecule is CCC(Nc1nccn2cnnc12)c1cccs1. The van der Waals surface area contributed by atoms with E-state index in [1.807, 2.05) is 10.6 Å². The van der Waals surface area contributed by atoms with Crippen LogP contribution in [0.2, 0.25) is 0 Å². The van der Waals surface area contributed by atoms with Crippen molar-refractivity contribution < 1.29 is 0 Å². The fraction of sp³-hybridized carbons (Fsp3) is 0.250. The van der Waals surface area contributed by atoms with Gasteiger partial charge in [-0.25, -0.2) is 4.98 Å². The van der Waals surface area contributed by atoms with Crippen LogP contribution < -0.4 is 5.32 Å². The van der Waals surface area contributed by atoms with Gasteiger partial charge in [0.25, 0.3) is 0 Å². The Morgan fingerprint density at radius 3 is 3.22 bits per heavy atom. The summed E-state index contributed by atoms with van der Waals surface area (Å²) in [5.41, 5.74) is 0.757. The minimum Gasteiger partial charge on any atom is -0.359 e. The van der Waals surface area contributed by atoms with E-state index < -0.39 is 0 Å². The Morgan fingerprint density at radius 2 is 2.44 bits per heavy atom. The standard InChI is InChI=1S/C12H13N5S/c1-2-9(10-4-3-7-18-10)15-11-12-16-14-8-17(12)6-5-13-11/h3-9H,2H2,1H3,(H,13,15). The smallest absolute Gasteiger partial charge is 0.203 e. The summed E-state index contributed by atoms with van der Waals surface area (Å²) >= 11 is 1.75. The summed E-state index contributed by atoms with van der Waals surface area (Å²) in [6.45, 7) is 2.15. The number of hydrogen-bond donors (Lipinski definition) is 1. The van der Waals surface area contributed by atoms with Crippen LogP contribution in [0.1, 0.15) is 24.3 Å². The molecule has 18 heavy (non-hydrogen) atoms. The molecule has 3 rings (SSSR count). The van der Waals surface area contributed by atoms with Crippen molar-refractivity contribution in [1.29, 1.82) is 0 Å². The third-order valence-corrected chi connectivity index (χ3v) is 3.81. The molecule has 0 aromatic carbocycles. The molecule has 0 bridgehead atoms. The fourth-order valence-electron chi connectivity index (χ4n) is 1.89. The zero-order chi connectivity index (χ0) is 12.4. The highest BCUT2D eigenvalue weighted by Crippen LogP contribution is 2.26. The lowest BCUT2D eigenvalue weighted by atomic mass is 10.2. The molecule has 0 saturated heterocycles. The van der Waals surface area contributed by atoms with Gasteiger partial charge in [-0.2, -0.15) is 0 Å². The molecule has 0 fully saturated rings. The van der Waals surface area contributed by atoms with Gasteiger partial charge in [0, 0.05) is 17.3 Å². The second-order valence-electron chi connectivity index (χ2n) is 3.96. The molecule has 92 valence electrons. The predicted molar refractivity (Wildman–Crippen MR) is 71.8 cm³/mol. The zero-order valence-electron chi connectivity index (χ0n) is 9.95. The van der Waals surface area contributed by atoms with Gasteiger partial charge in [-0.1, -0.05) is 13.0 Å². The summed E-state index contributed by atoms with van der Waals surface area (Å²) in [5, 5.41) is 13.5. The van der Waals surface area contributed by atoms with Gasteiger partial charge in [0.05, 0.1) is 6.04 Å². The van der Waals surface area contributed by atoms with Crippen molar-refractivity contribution in [2.75, 3.05) is 5.32 Å². The Hall–Kier alpha value is -1.95. The maximum absolute atomic E-state index is 4.35. The Labute approximate surface area is 109 Å². The van der Waals surface area contributed by atoms with Crippen molar-refractivity contribution in [3.05, 3.63) is 41.1 Å². The summed E-state index contributed by atoms with van der Waals surface area (Å²) < 4.78 is 1.86. The Morgan fingerprint density at radius 1 is 1.50 bits per heavy atom. The molecule has 0 aliphatic rings. The lowest BCUT2D eigenvalue weighted by molar-refractivity contribution is 0.758. The number of hydrogen-bond acceptors (Lipinski definition) is 5. The third kappa shape index (κ3) is 1.95. The van der Waals surface area contributed by atoms with E-state index in [0.29, 0.717) is 0 Å². The molecule has 0 spiro atoms. The summed E-state index contributed by atoms with van der Waals surface area (Å²) in [4.78, 5) is 5.65. The number of nitrogens with zero attached hydrogens (tertiary/aromatic N) is 4. The largest absolute Gasteiger partial charge is 0.359 e. The highest BCUT2D eigenvalue weighted by molar-refractivity contribution is 7.10. The number of rotatable bonds is 4. The van der Waals surface area contributed by atoms with E-state index in [1.54, 1.807) is 23.9 Å². The molecule has 6 heteroatoms. The van der Waals surface area contributed by atoms with E-state index in [9.17, 15) is 0 Å². The molecule has 1 N–H and O–H groups in total. The average molecular weight is 259 g/mol. The van der Waals surface area contributed by atoms with Crippen LogP contribution in [0.25, 0.3) is 5.65 Å². The van der Waals surface area contributed by atoms with E-state index in [4.69, 9.17) is 0 Å². The number of anilines is 1. The zero-order valence-corrected chi connectivity index (χ0v) is 10.8. The van der Waals surface area contributed by atoms with Crippen LogP contribution in [0, 0.1) is 0 Å². The van der Waals surface area contributed by atoms with Crippen LogP contribution in [0.4, 0.5) is 5.82 Å². The number of fused-ring (bicyclic) bond motifs is 1. The van der Waals surface area contributed by atoms with Crippen molar-refractivity contribution in [3.63, 3.8) is 0 Å². The van der Waals surface area contributed by atoms with Crippen molar-refractivity contribution in [3.8, 4) is 0 Å². The number of aromatic nitrogens is 4. The quantitative estimate of drug-likeness (QED) is 0.782. The molecule has 0 saturated carbocycles.